The fraction of sp³-hybridized carbons (Fsp3) is 0.680. The molecule has 7 aliphatic carbocycles. The summed E-state index contributed by atoms with van der Waals surface area (Å²) in [6.45, 7) is 3.91. The number of nitrogens with zero attached hydrogens (tertiary/aromatic N) is 2. The van der Waals surface area contributed by atoms with Gasteiger partial charge in [0.1, 0.15) is 0 Å². The van der Waals surface area contributed by atoms with E-state index in [0.29, 0.717) is 61.9 Å². The number of carbonyl (C=O) groups excluding carboxylic acids is 4. The van der Waals surface area contributed by atoms with Crippen molar-refractivity contribution in [2.75, 3.05) is 39.4 Å². The van der Waals surface area contributed by atoms with Gasteiger partial charge in [-0.25, -0.2) is 9.59 Å². The predicted octanol–water partition coefficient (Wildman–Crippen LogP) is 5.49. The first-order valence-electron chi connectivity index (χ1n) is 24.3. The number of ether oxygens (including phenoxy) is 6. The quantitative estimate of drug-likeness (QED) is 0.227. The van der Waals surface area contributed by atoms with Gasteiger partial charge in [0, 0.05) is 49.1 Å². The van der Waals surface area contributed by atoms with Crippen LogP contribution in [0.1, 0.15) is 112 Å². The zero-order chi connectivity index (χ0) is 43.3. The van der Waals surface area contributed by atoms with E-state index in [-0.39, 0.29) is 73.0 Å². The molecule has 4 bridgehead atoms. The molecule has 4 aliphatic heterocycles. The highest BCUT2D eigenvalue weighted by Crippen LogP contribution is 2.67. The molecule has 5 saturated carbocycles. The minimum Gasteiger partial charge on any atom is -0.477 e. The Kier molecular flexibility index (Phi) is 8.85. The molecule has 2 saturated heterocycles. The zero-order valence-corrected chi connectivity index (χ0v) is 36.4. The van der Waals surface area contributed by atoms with Gasteiger partial charge in [0.25, 0.3) is 0 Å². The van der Waals surface area contributed by atoms with Crippen molar-refractivity contribution in [3.8, 4) is 23.0 Å². The second-order valence-electron chi connectivity index (χ2n) is 21.6. The number of likely N-dealkylation sites (tertiary alicyclic amines) is 2. The van der Waals surface area contributed by atoms with Crippen LogP contribution in [0.5, 0.6) is 23.0 Å². The number of rotatable bonds is 10. The largest absolute Gasteiger partial charge is 0.513 e. The van der Waals surface area contributed by atoms with Crippen molar-refractivity contribution < 1.29 is 57.8 Å². The molecular formula is C50H58N2O12. The molecule has 7 fully saturated rings. The third-order valence-corrected chi connectivity index (χ3v) is 18.3. The monoisotopic (exact) mass is 878 g/mol. The summed E-state index contributed by atoms with van der Waals surface area (Å²) in [5, 5.41) is 25.1. The number of Topliss-reactive ketones (excluding diaryl/α,β-unsaturated/α-hetero) is 2. The van der Waals surface area contributed by atoms with Gasteiger partial charge in [0.05, 0.1) is 35.2 Å². The molecule has 8 atom stereocenters. The summed E-state index contributed by atoms with van der Waals surface area (Å²) in [6, 6.07) is 7.26. The Labute approximate surface area is 372 Å². The normalized spacial score (nSPS) is 38.7. The number of piperidine rings is 2. The van der Waals surface area contributed by atoms with Crippen LogP contribution in [0.15, 0.2) is 24.3 Å². The molecule has 0 unspecified atom stereocenters. The number of aliphatic hydroxyl groups is 2. The molecule has 340 valence electrons. The van der Waals surface area contributed by atoms with Crippen molar-refractivity contribution in [3.63, 3.8) is 0 Å². The number of hydrogen-bond acceptors (Lipinski definition) is 14. The van der Waals surface area contributed by atoms with E-state index in [2.05, 4.69) is 9.80 Å². The molecule has 0 aromatic heterocycles. The summed E-state index contributed by atoms with van der Waals surface area (Å²) >= 11 is 0. The summed E-state index contributed by atoms with van der Waals surface area (Å²) in [4.78, 5) is 58.2. The summed E-state index contributed by atoms with van der Waals surface area (Å²) in [6.07, 6.45) is 8.66. The second-order valence-corrected chi connectivity index (χ2v) is 21.6. The van der Waals surface area contributed by atoms with Crippen LogP contribution >= 0.6 is 0 Å². The fourth-order valence-corrected chi connectivity index (χ4v) is 14.8. The van der Waals surface area contributed by atoms with Gasteiger partial charge in [-0.15, -0.1) is 0 Å². The highest BCUT2D eigenvalue weighted by Gasteiger charge is 2.75. The Morgan fingerprint density at radius 3 is 1.41 bits per heavy atom. The van der Waals surface area contributed by atoms with Crippen LogP contribution in [0, 0.1) is 23.7 Å². The van der Waals surface area contributed by atoms with Gasteiger partial charge in [0.15, 0.2) is 46.8 Å². The maximum absolute atomic E-state index is 13.5. The minimum absolute atomic E-state index is 0.00957. The van der Waals surface area contributed by atoms with Gasteiger partial charge in [-0.2, -0.15) is 0 Å². The maximum atomic E-state index is 13.5. The van der Waals surface area contributed by atoms with Crippen molar-refractivity contribution in [3.05, 3.63) is 46.5 Å². The predicted molar refractivity (Wildman–Crippen MR) is 226 cm³/mol. The molecule has 2 N–H and O–H groups in total. The van der Waals surface area contributed by atoms with Crippen molar-refractivity contribution in [1.29, 1.82) is 0 Å². The van der Waals surface area contributed by atoms with Gasteiger partial charge in [0.2, 0.25) is 0 Å². The molecule has 14 heteroatoms. The van der Waals surface area contributed by atoms with Crippen molar-refractivity contribution in [2.45, 2.75) is 149 Å². The van der Waals surface area contributed by atoms with Crippen molar-refractivity contribution in [2.24, 2.45) is 23.7 Å². The van der Waals surface area contributed by atoms with E-state index in [0.717, 1.165) is 74.1 Å². The van der Waals surface area contributed by atoms with Crippen molar-refractivity contribution >= 4 is 23.9 Å². The average Bonchev–Trinajstić information content (AvgIpc) is 4.22. The van der Waals surface area contributed by atoms with Crippen molar-refractivity contribution in [1.82, 2.24) is 9.80 Å². The zero-order valence-electron chi connectivity index (χ0n) is 36.4. The first-order valence-corrected chi connectivity index (χ1v) is 24.3. The Balaban J connectivity index is 0.621. The third-order valence-electron chi connectivity index (χ3n) is 18.3. The highest BCUT2D eigenvalue weighted by atomic mass is 16.7. The van der Waals surface area contributed by atoms with Gasteiger partial charge >= 0.3 is 12.3 Å². The van der Waals surface area contributed by atoms with E-state index >= 15 is 0 Å². The van der Waals surface area contributed by atoms with E-state index in [1.54, 1.807) is 12.1 Å². The summed E-state index contributed by atoms with van der Waals surface area (Å²) in [5.74, 6) is 2.79. The lowest BCUT2D eigenvalue weighted by Crippen LogP contribution is -2.76. The highest BCUT2D eigenvalue weighted by molar-refractivity contribution is 5.91. The van der Waals surface area contributed by atoms with E-state index in [4.69, 9.17) is 28.4 Å². The van der Waals surface area contributed by atoms with Crippen LogP contribution in [0.2, 0.25) is 0 Å². The molecule has 13 rings (SSSR count). The minimum atomic E-state index is -1.10. The van der Waals surface area contributed by atoms with Crippen LogP contribution in [0.4, 0.5) is 9.59 Å². The Bertz CT molecular complexity index is 2190. The first-order chi connectivity index (χ1) is 31.0. The Morgan fingerprint density at radius 1 is 0.594 bits per heavy atom. The number of hydrogen-bond donors (Lipinski definition) is 2. The Hall–Kier alpha value is -4.24. The first kappa shape index (κ1) is 40.1. The molecule has 0 radical (unpaired) electrons. The summed E-state index contributed by atoms with van der Waals surface area (Å²) < 4.78 is 35.8. The average molecular weight is 879 g/mol. The molecule has 64 heavy (non-hydrogen) atoms. The molecule has 14 nitrogen and oxygen atoms in total. The van der Waals surface area contributed by atoms with Crippen LogP contribution in [0.25, 0.3) is 0 Å². The Morgan fingerprint density at radius 2 is 1.00 bits per heavy atom. The van der Waals surface area contributed by atoms with Gasteiger partial charge < -0.3 is 38.6 Å². The molecule has 2 spiro atoms. The topological polar surface area (TPSA) is 171 Å². The van der Waals surface area contributed by atoms with Crippen LogP contribution < -0.4 is 18.9 Å². The number of benzene rings is 2. The lowest BCUT2D eigenvalue weighted by molar-refractivity contribution is -0.188. The molecule has 0 amide bonds. The van der Waals surface area contributed by atoms with Gasteiger partial charge in [-0.1, -0.05) is 12.1 Å². The second kappa shape index (κ2) is 14.1. The van der Waals surface area contributed by atoms with Crippen LogP contribution in [-0.2, 0) is 42.7 Å². The van der Waals surface area contributed by atoms with Crippen LogP contribution in [0.3, 0.4) is 0 Å². The fourth-order valence-electron chi connectivity index (χ4n) is 14.8. The number of carbonyl (C=O) groups is 4. The smallest absolute Gasteiger partial charge is 0.477 e. The molecule has 2 aromatic carbocycles. The van der Waals surface area contributed by atoms with E-state index in [9.17, 15) is 29.4 Å². The number of ketones is 2. The van der Waals surface area contributed by atoms with E-state index in [1.165, 1.54) is 25.7 Å². The lowest BCUT2D eigenvalue weighted by Gasteiger charge is -2.62. The molecule has 11 aliphatic rings. The summed E-state index contributed by atoms with van der Waals surface area (Å²) in [7, 11) is 0. The molecule has 2 aromatic rings. The van der Waals surface area contributed by atoms with Crippen LogP contribution in [-0.4, -0.2) is 119 Å². The third kappa shape index (κ3) is 5.63. The van der Waals surface area contributed by atoms with Gasteiger partial charge in [-0.05, 0) is 150 Å². The maximum Gasteiger partial charge on any atom is 0.513 e. The van der Waals surface area contributed by atoms with E-state index in [1.807, 2.05) is 12.1 Å². The molecular weight excluding hydrogens is 821 g/mol. The lowest BCUT2D eigenvalue weighted by atomic mass is 9.49. The van der Waals surface area contributed by atoms with Gasteiger partial charge in [-0.3, -0.25) is 19.4 Å². The SMILES string of the molecule is O=C(OCC1CCC(COC(=O)Oc2ccc3c4c2O[C@H]2C(=O)CC[C@@]5(O)[C@@H](C3)N(CC3CC3)CC[C@]425)CC1)Oc1ccc2c3c1O[C@H]1C(=O)CC[C@@]4(O)[C@@H](C2)N(CC2CC2)CC[C@]314. The standard InChI is InChI=1S/C50H58N2O12/c53-33-13-15-49(57)37-21-31-9-11-35(41-39(31)47(49,43(33)63-41)17-19-51(37)23-27-1-2-27)61-45(55)59-25-29-5-7-30(8-6-29)26-60-46(56)62-36-12-10-32-22-38-50(58)16-14-34(54)44-48(50,40(32)42(36)64-44)18-20-52(38)24-28-3-4-28/h9-12,27-30,37-38,43-44,57-58H,1-8,13-26H2/t29?,30?,37-,38-,43+,44+,47+,48+,49-,50-/m1/s1. The summed E-state index contributed by atoms with van der Waals surface area (Å²) in [5.41, 5.74) is -0.120. The molecule has 4 heterocycles. The van der Waals surface area contributed by atoms with E-state index < -0.39 is 46.6 Å².